The Bertz CT molecular complexity index is 1420. The maximum Gasteiger partial charge on any atom is 0.280 e. The Labute approximate surface area is 240 Å². The van der Waals surface area contributed by atoms with Crippen LogP contribution in [0.2, 0.25) is 20.1 Å². The van der Waals surface area contributed by atoms with Gasteiger partial charge in [-0.25, -0.2) is 10.0 Å². The lowest BCUT2D eigenvalue weighted by Crippen LogP contribution is -2.36. The molecule has 1 N–H and O–H groups in total. The fourth-order valence-electron chi connectivity index (χ4n) is 3.61. The molecule has 4 rings (SSSR count). The lowest BCUT2D eigenvalue weighted by molar-refractivity contribution is -0.117. The fourth-order valence-corrected chi connectivity index (χ4v) is 4.75. The van der Waals surface area contributed by atoms with Crippen LogP contribution in [0.5, 0.6) is 11.5 Å². The number of aliphatic imine (C=N–C) groups is 1. The zero-order valence-corrected chi connectivity index (χ0v) is 23.8. The highest BCUT2D eigenvalue weighted by molar-refractivity contribution is 6.43. The Morgan fingerprint density at radius 3 is 2.32 bits per heavy atom. The molecule has 8 nitrogen and oxygen atoms in total. The maximum absolute atomic E-state index is 13.6. The summed E-state index contributed by atoms with van der Waals surface area (Å²) in [4.78, 5) is 18.2. The molecule has 0 radical (unpaired) electrons. The van der Waals surface area contributed by atoms with Crippen molar-refractivity contribution in [2.75, 3.05) is 12.1 Å². The molecule has 198 valence electrons. The zero-order chi connectivity index (χ0) is 27.6. The fraction of sp³-hybridized carbons (Fsp3) is 0.231. The van der Waals surface area contributed by atoms with Gasteiger partial charge in [0.1, 0.15) is 5.69 Å². The van der Waals surface area contributed by atoms with Gasteiger partial charge >= 0.3 is 0 Å². The van der Waals surface area contributed by atoms with Gasteiger partial charge in [0.05, 0.1) is 39.7 Å². The number of rotatable bonds is 7. The number of amidine groups is 1. The molecule has 0 saturated carbocycles. The number of hydrogen-bond acceptors (Lipinski definition) is 6. The standard InChI is InChI=1S/C26H23Cl4N5O3/c1-13(2)38-21-8-6-16(12-22(21)37-4)32-33-23-25(31-20-9-14(3)5-7-17(20)28)34-35(26(23)36)24-18(29)10-15(27)11-19(24)30/h5-13,23H,1-4H3,(H,31,34). The first-order chi connectivity index (χ1) is 18.1. The number of carbonyl (C=O) groups is 1. The van der Waals surface area contributed by atoms with Gasteiger partial charge in [0.25, 0.3) is 5.91 Å². The van der Waals surface area contributed by atoms with E-state index >= 15 is 0 Å². The minimum Gasteiger partial charge on any atom is -0.493 e. The highest BCUT2D eigenvalue weighted by atomic mass is 35.5. The minimum atomic E-state index is -1.15. The van der Waals surface area contributed by atoms with Gasteiger partial charge in [-0.2, -0.15) is 10.2 Å². The molecular weight excluding hydrogens is 572 g/mol. The van der Waals surface area contributed by atoms with E-state index in [1.165, 1.54) is 24.3 Å². The average molecular weight is 595 g/mol. The number of amides is 1. The molecule has 0 bridgehead atoms. The number of nitrogens with one attached hydrogen (secondary N) is 1. The second-order valence-corrected chi connectivity index (χ2v) is 10.2. The summed E-state index contributed by atoms with van der Waals surface area (Å²) >= 11 is 25.2. The predicted octanol–water partition coefficient (Wildman–Crippen LogP) is 8.14. The highest BCUT2D eigenvalue weighted by Gasteiger charge is 2.41. The number of benzene rings is 3. The highest BCUT2D eigenvalue weighted by Crippen LogP contribution is 2.38. The SMILES string of the molecule is COc1cc(N=NC2C(=O)N(c3c(Cl)cc(Cl)cc3Cl)NC2=Nc2cc(C)ccc2Cl)ccc1OC(C)C. The summed E-state index contributed by atoms with van der Waals surface area (Å²) in [7, 11) is 1.53. The van der Waals surface area contributed by atoms with E-state index in [0.717, 1.165) is 5.56 Å². The van der Waals surface area contributed by atoms with E-state index in [9.17, 15) is 4.79 Å². The largest absolute Gasteiger partial charge is 0.493 e. The molecule has 1 amide bonds. The summed E-state index contributed by atoms with van der Waals surface area (Å²) < 4.78 is 11.2. The average Bonchev–Trinajstić information content (AvgIpc) is 3.14. The Balaban J connectivity index is 1.75. The molecule has 1 aliphatic heterocycles. The van der Waals surface area contributed by atoms with Gasteiger partial charge in [0.15, 0.2) is 17.3 Å². The lowest BCUT2D eigenvalue weighted by atomic mass is 10.2. The van der Waals surface area contributed by atoms with Gasteiger partial charge in [-0.05, 0) is 62.7 Å². The van der Waals surface area contributed by atoms with Crippen molar-refractivity contribution in [3.8, 4) is 11.5 Å². The number of halogens is 4. The molecule has 1 fully saturated rings. The molecule has 1 saturated heterocycles. The molecule has 1 heterocycles. The molecular formula is C26H23Cl4N5O3. The third-order valence-corrected chi connectivity index (χ3v) is 6.40. The van der Waals surface area contributed by atoms with Crippen LogP contribution in [0.1, 0.15) is 19.4 Å². The lowest BCUT2D eigenvalue weighted by Gasteiger charge is -2.19. The zero-order valence-electron chi connectivity index (χ0n) is 20.8. The van der Waals surface area contributed by atoms with E-state index in [0.29, 0.717) is 32.9 Å². The van der Waals surface area contributed by atoms with Crippen LogP contribution in [0.4, 0.5) is 17.1 Å². The number of methoxy groups -OCH3 is 1. The van der Waals surface area contributed by atoms with Crippen LogP contribution in [-0.4, -0.2) is 31.0 Å². The Hall–Kier alpha value is -3.04. The third kappa shape index (κ3) is 6.15. The molecule has 3 aromatic carbocycles. The van der Waals surface area contributed by atoms with Gasteiger partial charge in [-0.3, -0.25) is 10.2 Å². The van der Waals surface area contributed by atoms with Crippen molar-refractivity contribution in [1.29, 1.82) is 0 Å². The van der Waals surface area contributed by atoms with Gasteiger partial charge in [-0.15, -0.1) is 0 Å². The summed E-state index contributed by atoms with van der Waals surface area (Å²) in [6.45, 7) is 5.74. The molecule has 0 aliphatic carbocycles. The van der Waals surface area contributed by atoms with Gasteiger partial charge in [0, 0.05) is 11.1 Å². The topological polar surface area (TPSA) is 87.9 Å². The number of azo groups is 1. The van der Waals surface area contributed by atoms with E-state index < -0.39 is 11.9 Å². The van der Waals surface area contributed by atoms with Crippen LogP contribution in [0.3, 0.4) is 0 Å². The van der Waals surface area contributed by atoms with E-state index in [2.05, 4.69) is 20.6 Å². The van der Waals surface area contributed by atoms with Gasteiger partial charge in [0.2, 0.25) is 6.04 Å². The molecule has 38 heavy (non-hydrogen) atoms. The van der Waals surface area contributed by atoms with Crippen LogP contribution >= 0.6 is 46.4 Å². The summed E-state index contributed by atoms with van der Waals surface area (Å²) in [5, 5.41) is 10.8. The number of hydrogen-bond donors (Lipinski definition) is 1. The summed E-state index contributed by atoms with van der Waals surface area (Å²) in [5.74, 6) is 0.719. The first-order valence-electron chi connectivity index (χ1n) is 11.4. The van der Waals surface area contributed by atoms with Crippen LogP contribution < -0.4 is 19.9 Å². The van der Waals surface area contributed by atoms with Crippen molar-refractivity contribution in [2.24, 2.45) is 15.2 Å². The Morgan fingerprint density at radius 1 is 0.947 bits per heavy atom. The first-order valence-corrected chi connectivity index (χ1v) is 12.9. The van der Waals surface area contributed by atoms with Crippen molar-refractivity contribution >= 4 is 75.2 Å². The first kappa shape index (κ1) is 28.0. The monoisotopic (exact) mass is 593 g/mol. The molecule has 12 heteroatoms. The number of hydrazine groups is 1. The molecule has 1 atom stereocenters. The van der Waals surface area contributed by atoms with Crippen molar-refractivity contribution in [1.82, 2.24) is 5.43 Å². The third-order valence-electron chi connectivity index (χ3n) is 5.29. The van der Waals surface area contributed by atoms with E-state index in [1.54, 1.807) is 30.3 Å². The molecule has 1 unspecified atom stereocenters. The second-order valence-electron chi connectivity index (χ2n) is 8.58. The van der Waals surface area contributed by atoms with Gasteiger partial charge in [-0.1, -0.05) is 52.5 Å². The normalized spacial score (nSPS) is 16.6. The second kappa shape index (κ2) is 11.8. The number of anilines is 1. The Morgan fingerprint density at radius 2 is 1.66 bits per heavy atom. The van der Waals surface area contributed by atoms with Crippen LogP contribution in [0, 0.1) is 6.92 Å². The van der Waals surface area contributed by atoms with E-state index in [-0.39, 0.29) is 27.7 Å². The van der Waals surface area contributed by atoms with Crippen molar-refractivity contribution in [3.05, 3.63) is 74.2 Å². The van der Waals surface area contributed by atoms with Gasteiger partial charge < -0.3 is 9.47 Å². The Kier molecular flexibility index (Phi) is 8.67. The van der Waals surface area contributed by atoms with E-state index in [1.807, 2.05) is 26.8 Å². The van der Waals surface area contributed by atoms with E-state index in [4.69, 9.17) is 55.9 Å². The summed E-state index contributed by atoms with van der Waals surface area (Å²) in [6, 6.07) is 12.3. The van der Waals surface area contributed by atoms with Crippen molar-refractivity contribution in [2.45, 2.75) is 32.9 Å². The van der Waals surface area contributed by atoms with Crippen LogP contribution in [0.25, 0.3) is 0 Å². The quantitative estimate of drug-likeness (QED) is 0.280. The number of ether oxygens (including phenoxy) is 2. The smallest absolute Gasteiger partial charge is 0.280 e. The molecule has 0 aromatic heterocycles. The van der Waals surface area contributed by atoms with Crippen LogP contribution in [-0.2, 0) is 4.79 Å². The minimum absolute atomic E-state index is 0.0386. The number of nitrogens with zero attached hydrogens (tertiary/aromatic N) is 4. The van der Waals surface area contributed by atoms with Crippen molar-refractivity contribution < 1.29 is 14.3 Å². The predicted molar refractivity (Wildman–Crippen MR) is 152 cm³/mol. The summed E-state index contributed by atoms with van der Waals surface area (Å²) in [5.41, 5.74) is 5.00. The molecule has 1 aliphatic rings. The van der Waals surface area contributed by atoms with Crippen molar-refractivity contribution in [3.63, 3.8) is 0 Å². The number of aryl methyl sites for hydroxylation is 1. The molecule has 3 aromatic rings. The maximum atomic E-state index is 13.6. The molecule has 0 spiro atoms. The summed E-state index contributed by atoms with van der Waals surface area (Å²) in [6.07, 6.45) is -0.0386. The van der Waals surface area contributed by atoms with Crippen LogP contribution in [0.15, 0.2) is 63.8 Å². The number of carbonyl (C=O) groups excluding carboxylic acids is 1.